The van der Waals surface area contributed by atoms with Crippen molar-refractivity contribution in [3.8, 4) is 45.8 Å². The van der Waals surface area contributed by atoms with E-state index in [1.807, 2.05) is 6.92 Å². The SMILES string of the molecule is COc1cc(OC)c2c(=O)c(OCCOc3ccc(CC(=O)NCC(NS(=O)(=O)c4ccc(C)cc4)C(=O)C4CO4)cc3)c(-c3ccc(OC)c(OC)c3)oc2c1. The minimum atomic E-state index is -4.04. The average Bonchev–Trinajstić information content (AvgIpc) is 4.07. The van der Waals surface area contributed by atoms with Crippen molar-refractivity contribution in [2.45, 2.75) is 30.4 Å². The summed E-state index contributed by atoms with van der Waals surface area (Å²) in [6, 6.07) is 20.0. The smallest absolute Gasteiger partial charge is 0.241 e. The summed E-state index contributed by atoms with van der Waals surface area (Å²) in [5.41, 5.74) is 1.77. The largest absolute Gasteiger partial charge is 0.496 e. The van der Waals surface area contributed by atoms with Gasteiger partial charge in [0.15, 0.2) is 23.0 Å². The van der Waals surface area contributed by atoms with Crippen LogP contribution in [0.4, 0.5) is 0 Å². The molecule has 0 spiro atoms. The number of hydrogen-bond donors (Lipinski definition) is 2. The zero-order valence-corrected chi connectivity index (χ0v) is 32.7. The number of ether oxygens (including phenoxy) is 7. The molecule has 57 heavy (non-hydrogen) atoms. The van der Waals surface area contributed by atoms with Gasteiger partial charge in [0.1, 0.15) is 53.6 Å². The van der Waals surface area contributed by atoms with Crippen molar-refractivity contribution in [2.24, 2.45) is 0 Å². The van der Waals surface area contributed by atoms with Crippen LogP contribution in [0.2, 0.25) is 0 Å². The first kappa shape index (κ1) is 40.6. The van der Waals surface area contributed by atoms with Gasteiger partial charge >= 0.3 is 0 Å². The lowest BCUT2D eigenvalue weighted by atomic mass is 10.1. The number of hydrogen-bond acceptors (Lipinski definition) is 13. The molecule has 0 radical (unpaired) electrons. The zero-order chi connectivity index (χ0) is 40.7. The van der Waals surface area contributed by atoms with Crippen molar-refractivity contribution in [1.29, 1.82) is 0 Å². The number of aryl methyl sites for hydroxylation is 1. The molecule has 4 aromatic carbocycles. The second kappa shape index (κ2) is 17.8. The van der Waals surface area contributed by atoms with Gasteiger partial charge in [-0.15, -0.1) is 0 Å². The summed E-state index contributed by atoms with van der Waals surface area (Å²) in [6.45, 7) is 1.77. The molecule has 2 unspecified atom stereocenters. The minimum Gasteiger partial charge on any atom is -0.496 e. The summed E-state index contributed by atoms with van der Waals surface area (Å²) in [5, 5.41) is 2.82. The molecule has 5 aromatic rings. The fraction of sp³-hybridized carbons (Fsp3) is 0.293. The first-order chi connectivity index (χ1) is 27.4. The predicted octanol–water partition coefficient (Wildman–Crippen LogP) is 4.23. The molecule has 1 aliphatic rings. The van der Waals surface area contributed by atoms with E-state index < -0.39 is 39.3 Å². The number of carbonyl (C=O) groups excluding carboxylic acids is 2. The number of carbonyl (C=O) groups is 2. The zero-order valence-electron chi connectivity index (χ0n) is 31.9. The van der Waals surface area contributed by atoms with Gasteiger partial charge in [0, 0.05) is 24.2 Å². The van der Waals surface area contributed by atoms with Crippen LogP contribution in [0.15, 0.2) is 93.0 Å². The normalized spacial score (nSPS) is 14.0. The summed E-state index contributed by atoms with van der Waals surface area (Å²) in [4.78, 5) is 39.7. The number of methoxy groups -OCH3 is 4. The van der Waals surface area contributed by atoms with Crippen LogP contribution >= 0.6 is 0 Å². The first-order valence-corrected chi connectivity index (χ1v) is 19.2. The number of amides is 1. The van der Waals surface area contributed by atoms with E-state index in [2.05, 4.69) is 10.0 Å². The van der Waals surface area contributed by atoms with Crippen LogP contribution in [0, 0.1) is 6.92 Å². The highest BCUT2D eigenvalue weighted by molar-refractivity contribution is 7.89. The van der Waals surface area contributed by atoms with E-state index >= 15 is 0 Å². The van der Waals surface area contributed by atoms with Gasteiger partial charge in [-0.3, -0.25) is 14.4 Å². The third-order valence-corrected chi connectivity index (χ3v) is 10.5. The van der Waals surface area contributed by atoms with Gasteiger partial charge in [-0.2, -0.15) is 4.72 Å². The van der Waals surface area contributed by atoms with Crippen LogP contribution in [0.3, 0.4) is 0 Å². The molecule has 1 amide bonds. The maximum Gasteiger partial charge on any atom is 0.241 e. The first-order valence-electron chi connectivity index (χ1n) is 17.8. The molecule has 1 fully saturated rings. The van der Waals surface area contributed by atoms with Crippen molar-refractivity contribution in [3.05, 3.63) is 100 Å². The highest BCUT2D eigenvalue weighted by Gasteiger charge is 2.38. The van der Waals surface area contributed by atoms with Gasteiger partial charge in [-0.25, -0.2) is 8.42 Å². The number of fused-ring (bicyclic) bond motifs is 1. The van der Waals surface area contributed by atoms with Gasteiger partial charge in [0.25, 0.3) is 0 Å². The van der Waals surface area contributed by atoms with Crippen LogP contribution in [-0.4, -0.2) is 87.1 Å². The Kier molecular flexibility index (Phi) is 12.7. The molecular weight excluding hydrogens is 761 g/mol. The summed E-state index contributed by atoms with van der Waals surface area (Å²) in [7, 11) is 1.90. The summed E-state index contributed by atoms with van der Waals surface area (Å²) >= 11 is 0. The Labute approximate surface area is 328 Å². The second-order valence-corrected chi connectivity index (χ2v) is 14.6. The molecule has 0 saturated carbocycles. The van der Waals surface area contributed by atoms with Gasteiger partial charge < -0.3 is 42.9 Å². The molecule has 6 rings (SSSR count). The van der Waals surface area contributed by atoms with E-state index in [9.17, 15) is 22.8 Å². The van der Waals surface area contributed by atoms with Crippen molar-refractivity contribution >= 4 is 32.7 Å². The number of benzene rings is 4. The standard InChI is InChI=1S/C41H42N2O13S/c1-24-6-13-29(14-7-24)57(47,48)43-30(38(45)35-23-55-35)22-42-36(44)18-25-8-11-27(12-9-25)53-16-17-54-41-39(46)37-33(52-5)20-28(49-2)21-34(37)56-40(41)26-10-15-31(50-3)32(19-26)51-4/h6-15,19-21,30,35,43H,16-18,22-23H2,1-5H3,(H,42,44). The van der Waals surface area contributed by atoms with E-state index in [-0.39, 0.29) is 65.9 Å². The van der Waals surface area contributed by atoms with Gasteiger partial charge in [-0.05, 0) is 55.0 Å². The molecule has 2 heterocycles. The Morgan fingerprint density at radius 3 is 2.14 bits per heavy atom. The Hall–Kier alpha value is -6.10. The molecule has 0 aliphatic carbocycles. The van der Waals surface area contributed by atoms with Crippen LogP contribution in [0.25, 0.3) is 22.3 Å². The molecule has 1 aromatic heterocycles. The molecule has 0 bridgehead atoms. The Morgan fingerprint density at radius 1 is 0.807 bits per heavy atom. The monoisotopic (exact) mass is 802 g/mol. The number of rotatable bonds is 19. The van der Waals surface area contributed by atoms with Crippen molar-refractivity contribution in [3.63, 3.8) is 0 Å². The molecular formula is C41H42N2O13S. The quantitative estimate of drug-likeness (QED) is 0.0892. The highest BCUT2D eigenvalue weighted by Crippen LogP contribution is 2.39. The second-order valence-electron chi connectivity index (χ2n) is 12.9. The fourth-order valence-electron chi connectivity index (χ4n) is 5.90. The number of epoxide rings is 1. The highest BCUT2D eigenvalue weighted by atomic mass is 32.2. The molecule has 300 valence electrons. The average molecular weight is 803 g/mol. The Balaban J connectivity index is 1.09. The van der Waals surface area contributed by atoms with Crippen molar-refractivity contribution in [2.75, 3.05) is 54.8 Å². The molecule has 2 N–H and O–H groups in total. The van der Waals surface area contributed by atoms with Gasteiger partial charge in [-0.1, -0.05) is 29.8 Å². The topological polar surface area (TPSA) is 190 Å². The van der Waals surface area contributed by atoms with Crippen molar-refractivity contribution in [1.82, 2.24) is 10.0 Å². The van der Waals surface area contributed by atoms with E-state index in [1.54, 1.807) is 66.7 Å². The fourth-order valence-corrected chi connectivity index (χ4v) is 7.11. The summed E-state index contributed by atoms with van der Waals surface area (Å²) < 4.78 is 73.4. The van der Waals surface area contributed by atoms with Crippen molar-refractivity contribution < 1.29 is 55.6 Å². The lowest BCUT2D eigenvalue weighted by Crippen LogP contribution is -2.50. The van der Waals surface area contributed by atoms with E-state index in [4.69, 9.17) is 37.6 Å². The Morgan fingerprint density at radius 2 is 1.49 bits per heavy atom. The van der Waals surface area contributed by atoms with Gasteiger partial charge in [0.05, 0.1) is 46.4 Å². The molecule has 2 atom stereocenters. The lowest BCUT2D eigenvalue weighted by molar-refractivity contribution is -0.122. The lowest BCUT2D eigenvalue weighted by Gasteiger charge is -2.18. The molecule has 15 nitrogen and oxygen atoms in total. The van der Waals surface area contributed by atoms with Crippen LogP contribution < -0.4 is 43.9 Å². The van der Waals surface area contributed by atoms with Crippen LogP contribution in [0.5, 0.6) is 34.5 Å². The van der Waals surface area contributed by atoms with E-state index in [0.29, 0.717) is 34.1 Å². The number of ketones is 1. The third-order valence-electron chi connectivity index (χ3n) is 9.01. The molecule has 16 heteroatoms. The predicted molar refractivity (Wildman–Crippen MR) is 208 cm³/mol. The minimum absolute atomic E-state index is 0.00330. The van der Waals surface area contributed by atoms with Gasteiger partial charge in [0.2, 0.25) is 27.1 Å². The Bertz CT molecular complexity index is 2410. The van der Waals surface area contributed by atoms with E-state index in [1.165, 1.54) is 40.6 Å². The summed E-state index contributed by atoms with van der Waals surface area (Å²) in [5.74, 6) is 1.24. The number of nitrogens with one attached hydrogen (secondary N) is 2. The maximum atomic E-state index is 14.0. The number of Topliss-reactive ketones (excluding diaryl/α,β-unsaturated/α-hetero) is 1. The van der Waals surface area contributed by atoms with Crippen LogP contribution in [-0.2, 0) is 30.8 Å². The molecule has 1 aliphatic heterocycles. The molecule has 1 saturated heterocycles. The number of sulfonamides is 1. The summed E-state index contributed by atoms with van der Waals surface area (Å²) in [6.07, 6.45) is -0.760. The van der Waals surface area contributed by atoms with E-state index in [0.717, 1.165) is 5.56 Å². The third kappa shape index (κ3) is 9.65. The maximum absolute atomic E-state index is 14.0. The van der Waals surface area contributed by atoms with Crippen LogP contribution in [0.1, 0.15) is 11.1 Å².